The standard InChI is InChI=1S/C15H24O2/c1-10(9-16)12-4-5-13-7-14(17)6-11(2)15(13,3)8-12/h7,10-12,16H,4-6,8-9H2,1-3H3/t10?,11-,12-,15+/m1/s1. The van der Waals surface area contributed by atoms with Gasteiger partial charge in [0.1, 0.15) is 0 Å². The molecule has 0 radical (unpaired) electrons. The van der Waals surface area contributed by atoms with Crippen LogP contribution >= 0.6 is 0 Å². The third-order valence-corrected chi connectivity index (χ3v) is 5.23. The molecule has 0 amide bonds. The topological polar surface area (TPSA) is 37.3 Å². The molecule has 2 aliphatic rings. The molecule has 2 rings (SSSR count). The van der Waals surface area contributed by atoms with Gasteiger partial charge < -0.3 is 5.11 Å². The molecular formula is C15H24O2. The monoisotopic (exact) mass is 236 g/mol. The highest BCUT2D eigenvalue weighted by Crippen LogP contribution is 2.52. The van der Waals surface area contributed by atoms with Gasteiger partial charge in [-0.1, -0.05) is 26.3 Å². The van der Waals surface area contributed by atoms with E-state index in [2.05, 4.69) is 20.8 Å². The van der Waals surface area contributed by atoms with Gasteiger partial charge in [0.15, 0.2) is 5.78 Å². The molecule has 0 spiro atoms. The Balaban J connectivity index is 2.22. The summed E-state index contributed by atoms with van der Waals surface area (Å²) in [6.07, 6.45) is 5.90. The highest BCUT2D eigenvalue weighted by Gasteiger charge is 2.44. The Kier molecular flexibility index (Phi) is 3.44. The summed E-state index contributed by atoms with van der Waals surface area (Å²) in [5, 5.41) is 9.31. The molecule has 1 N–H and O–H groups in total. The predicted molar refractivity (Wildman–Crippen MR) is 68.6 cm³/mol. The summed E-state index contributed by atoms with van der Waals surface area (Å²) in [4.78, 5) is 11.6. The Morgan fingerprint density at radius 2 is 2.29 bits per heavy atom. The number of aliphatic hydroxyl groups excluding tert-OH is 1. The van der Waals surface area contributed by atoms with E-state index in [4.69, 9.17) is 0 Å². The van der Waals surface area contributed by atoms with Crippen LogP contribution in [0, 0.1) is 23.2 Å². The average molecular weight is 236 g/mol. The zero-order chi connectivity index (χ0) is 12.6. The summed E-state index contributed by atoms with van der Waals surface area (Å²) < 4.78 is 0. The predicted octanol–water partition coefficient (Wildman–Crippen LogP) is 2.96. The first-order valence-corrected chi connectivity index (χ1v) is 6.82. The fourth-order valence-electron chi connectivity index (χ4n) is 3.57. The maximum absolute atomic E-state index is 11.6. The van der Waals surface area contributed by atoms with Gasteiger partial charge in [-0.2, -0.15) is 0 Å². The molecule has 0 saturated heterocycles. The number of carbonyl (C=O) groups is 1. The number of carbonyl (C=O) groups excluding carboxylic acids is 1. The van der Waals surface area contributed by atoms with Crippen molar-refractivity contribution in [1.29, 1.82) is 0 Å². The lowest BCUT2D eigenvalue weighted by Crippen LogP contribution is -2.40. The minimum Gasteiger partial charge on any atom is -0.396 e. The minimum absolute atomic E-state index is 0.195. The van der Waals surface area contributed by atoms with Gasteiger partial charge in [-0.15, -0.1) is 0 Å². The lowest BCUT2D eigenvalue weighted by molar-refractivity contribution is -0.117. The third kappa shape index (κ3) is 2.20. The first-order valence-electron chi connectivity index (χ1n) is 6.82. The van der Waals surface area contributed by atoms with Crippen LogP contribution in [0.1, 0.15) is 46.5 Å². The van der Waals surface area contributed by atoms with E-state index in [0.29, 0.717) is 30.0 Å². The van der Waals surface area contributed by atoms with E-state index in [0.717, 1.165) is 19.3 Å². The second kappa shape index (κ2) is 4.56. The van der Waals surface area contributed by atoms with E-state index in [-0.39, 0.29) is 12.0 Å². The summed E-state index contributed by atoms with van der Waals surface area (Å²) in [5.41, 5.74) is 1.56. The quantitative estimate of drug-likeness (QED) is 0.800. The van der Waals surface area contributed by atoms with Crippen LogP contribution < -0.4 is 0 Å². The van der Waals surface area contributed by atoms with Crippen LogP contribution in [0.15, 0.2) is 11.6 Å². The zero-order valence-electron chi connectivity index (χ0n) is 11.2. The van der Waals surface area contributed by atoms with E-state index >= 15 is 0 Å². The zero-order valence-corrected chi connectivity index (χ0v) is 11.2. The number of hydrogen-bond acceptors (Lipinski definition) is 2. The maximum Gasteiger partial charge on any atom is 0.155 e. The van der Waals surface area contributed by atoms with E-state index in [9.17, 15) is 9.90 Å². The summed E-state index contributed by atoms with van der Waals surface area (Å²) in [7, 11) is 0. The maximum atomic E-state index is 11.6. The van der Waals surface area contributed by atoms with Gasteiger partial charge in [-0.25, -0.2) is 0 Å². The fraction of sp³-hybridized carbons (Fsp3) is 0.800. The van der Waals surface area contributed by atoms with Gasteiger partial charge >= 0.3 is 0 Å². The Morgan fingerprint density at radius 3 is 2.94 bits per heavy atom. The van der Waals surface area contributed by atoms with Crippen molar-refractivity contribution in [2.24, 2.45) is 23.2 Å². The fourth-order valence-corrected chi connectivity index (χ4v) is 3.57. The summed E-state index contributed by atoms with van der Waals surface area (Å²) in [5.74, 6) is 1.75. The second-order valence-electron chi connectivity index (χ2n) is 6.32. The molecule has 2 heteroatoms. The molecule has 0 aromatic heterocycles. The van der Waals surface area contributed by atoms with Crippen molar-refractivity contribution in [2.75, 3.05) is 6.61 Å². The molecule has 0 bridgehead atoms. The molecule has 0 heterocycles. The van der Waals surface area contributed by atoms with Crippen molar-refractivity contribution in [2.45, 2.75) is 46.5 Å². The van der Waals surface area contributed by atoms with E-state index in [1.165, 1.54) is 5.57 Å². The molecule has 4 atom stereocenters. The first-order chi connectivity index (χ1) is 7.97. The van der Waals surface area contributed by atoms with Gasteiger partial charge in [0.05, 0.1) is 0 Å². The number of rotatable bonds is 2. The van der Waals surface area contributed by atoms with Crippen LogP contribution in [0.5, 0.6) is 0 Å². The van der Waals surface area contributed by atoms with E-state index in [1.807, 2.05) is 6.08 Å². The molecule has 17 heavy (non-hydrogen) atoms. The van der Waals surface area contributed by atoms with Crippen LogP contribution in [0.4, 0.5) is 0 Å². The summed E-state index contributed by atoms with van der Waals surface area (Å²) >= 11 is 0. The largest absolute Gasteiger partial charge is 0.396 e. The van der Waals surface area contributed by atoms with Crippen LogP contribution in [-0.4, -0.2) is 17.5 Å². The lowest BCUT2D eigenvalue weighted by Gasteiger charge is -2.47. The summed E-state index contributed by atoms with van der Waals surface area (Å²) in [6, 6.07) is 0. The lowest BCUT2D eigenvalue weighted by atomic mass is 9.57. The minimum atomic E-state index is 0.195. The van der Waals surface area contributed by atoms with Crippen molar-refractivity contribution in [3.8, 4) is 0 Å². The van der Waals surface area contributed by atoms with E-state index < -0.39 is 0 Å². The Hall–Kier alpha value is -0.630. The van der Waals surface area contributed by atoms with Gasteiger partial charge in [0.25, 0.3) is 0 Å². The highest BCUT2D eigenvalue weighted by molar-refractivity contribution is 5.91. The molecule has 0 aliphatic heterocycles. The Bertz CT molecular complexity index is 345. The Labute approximate surface area is 104 Å². The SMILES string of the molecule is CC(CO)[C@@H]1CCC2=CC(=O)C[C@@H](C)[C@]2(C)C1. The van der Waals surface area contributed by atoms with Crippen LogP contribution in [0.25, 0.3) is 0 Å². The van der Waals surface area contributed by atoms with E-state index in [1.54, 1.807) is 0 Å². The molecule has 2 nitrogen and oxygen atoms in total. The molecule has 2 aliphatic carbocycles. The average Bonchev–Trinajstić information content (AvgIpc) is 2.29. The molecule has 96 valence electrons. The van der Waals surface area contributed by atoms with Crippen molar-refractivity contribution >= 4 is 5.78 Å². The smallest absolute Gasteiger partial charge is 0.155 e. The van der Waals surface area contributed by atoms with Crippen LogP contribution in [-0.2, 0) is 4.79 Å². The van der Waals surface area contributed by atoms with Crippen LogP contribution in [0.2, 0.25) is 0 Å². The number of aliphatic hydroxyl groups is 1. The summed E-state index contributed by atoms with van der Waals surface area (Å²) in [6.45, 7) is 6.94. The van der Waals surface area contributed by atoms with Crippen molar-refractivity contribution in [1.82, 2.24) is 0 Å². The number of ketones is 1. The molecule has 1 fully saturated rings. The molecule has 0 aromatic rings. The number of fused-ring (bicyclic) bond motifs is 1. The Morgan fingerprint density at radius 1 is 1.59 bits per heavy atom. The molecular weight excluding hydrogens is 212 g/mol. The van der Waals surface area contributed by atoms with Crippen molar-refractivity contribution < 1.29 is 9.90 Å². The van der Waals surface area contributed by atoms with Crippen LogP contribution in [0.3, 0.4) is 0 Å². The van der Waals surface area contributed by atoms with Crippen molar-refractivity contribution in [3.63, 3.8) is 0 Å². The van der Waals surface area contributed by atoms with Gasteiger partial charge in [-0.05, 0) is 48.5 Å². The molecule has 0 aromatic carbocycles. The van der Waals surface area contributed by atoms with Gasteiger partial charge in [0, 0.05) is 13.0 Å². The number of allylic oxidation sites excluding steroid dienone is 2. The first kappa shape index (κ1) is 12.8. The normalized spacial score (nSPS) is 39.5. The molecule has 1 unspecified atom stereocenters. The highest BCUT2D eigenvalue weighted by atomic mass is 16.3. The molecule has 1 saturated carbocycles. The van der Waals surface area contributed by atoms with Crippen molar-refractivity contribution in [3.05, 3.63) is 11.6 Å². The third-order valence-electron chi connectivity index (χ3n) is 5.23. The van der Waals surface area contributed by atoms with Gasteiger partial charge in [-0.3, -0.25) is 4.79 Å². The van der Waals surface area contributed by atoms with Gasteiger partial charge in [0.2, 0.25) is 0 Å². The second-order valence-corrected chi connectivity index (χ2v) is 6.32. The number of hydrogen-bond donors (Lipinski definition) is 1.